The van der Waals surface area contributed by atoms with Gasteiger partial charge in [0.2, 0.25) is 0 Å². The average molecular weight is 219 g/mol. The van der Waals surface area contributed by atoms with E-state index in [1.54, 1.807) is 0 Å². The molecule has 0 amide bonds. The fourth-order valence-electron chi connectivity index (χ4n) is 0.129. The van der Waals surface area contributed by atoms with Gasteiger partial charge >= 0.3 is 69.3 Å². The molecule has 0 rings (SSSR count). The summed E-state index contributed by atoms with van der Waals surface area (Å²) in [5.74, 6) is -3.93. The molecule has 0 atom stereocenters. The van der Waals surface area contributed by atoms with Crippen LogP contribution in [0.5, 0.6) is 0 Å². The van der Waals surface area contributed by atoms with Crippen LogP contribution < -0.4 is 0 Å². The van der Waals surface area contributed by atoms with Gasteiger partial charge in [0.05, 0.1) is 0 Å². The second-order valence-corrected chi connectivity index (χ2v) is 1.50. The molecule has 0 aliphatic heterocycles. The largest absolute Gasteiger partial charge is 0.479 e. The topological polar surface area (TPSA) is 132 Å². The Balaban J connectivity index is -0.000000150. The quantitative estimate of drug-likeness (QED) is 0.387. The smallest absolute Gasteiger partial charge is 0.333 e. The Morgan fingerprint density at radius 2 is 1.08 bits per heavy atom. The number of carboxylic acid groups (broad SMARTS) is 3. The predicted octanol–water partition coefficient (Wildman–Crippen LogP) is -1.60. The van der Waals surface area contributed by atoms with E-state index in [1.165, 1.54) is 0 Å². The molecule has 0 aromatic rings. The summed E-state index contributed by atoms with van der Waals surface area (Å²) in [6, 6.07) is 0. The number of rotatable bonds is 3. The van der Waals surface area contributed by atoms with Gasteiger partial charge in [0.1, 0.15) is 6.42 Å². The zero-order valence-corrected chi connectivity index (χ0v) is 5.89. The third-order valence-electron chi connectivity index (χ3n) is 0.426. The minimum Gasteiger partial charge on any atom is -0.479 e. The fraction of sp³-hybridized carbons (Fsp3) is 0.400. The summed E-state index contributed by atoms with van der Waals surface area (Å²) in [7, 11) is 0. The first kappa shape index (κ1) is 18.7. The van der Waals surface area contributed by atoms with Gasteiger partial charge in [0.15, 0.2) is 6.61 Å². The van der Waals surface area contributed by atoms with Gasteiger partial charge in [-0.15, -0.1) is 0 Å². The van der Waals surface area contributed by atoms with Crippen LogP contribution in [0.1, 0.15) is 6.42 Å². The Hall–Kier alpha value is 0.00636. The Morgan fingerprint density at radius 3 is 1.08 bits per heavy atom. The number of hydrogen-bond donors (Lipinski definition) is 3. The number of carboxylic acids is 3. The summed E-state index contributed by atoms with van der Waals surface area (Å²) in [4.78, 5) is 27.9. The van der Waals surface area contributed by atoms with E-state index >= 15 is 0 Å². The maximum absolute atomic E-state index is 9.43. The molecule has 0 saturated carbocycles. The fourth-order valence-corrected chi connectivity index (χ4v) is 0.129. The zero-order chi connectivity index (χ0) is 10.1. The SMILES string of the molecule is O=C(O)CC(=O)O.[KH].[O]CC(=O)O. The van der Waals surface area contributed by atoms with Crippen LogP contribution in [0.4, 0.5) is 0 Å². The molecule has 0 aliphatic carbocycles. The van der Waals surface area contributed by atoms with Crippen molar-refractivity contribution in [3.8, 4) is 0 Å². The summed E-state index contributed by atoms with van der Waals surface area (Å²) in [5, 5.41) is 31.8. The van der Waals surface area contributed by atoms with E-state index in [-0.39, 0.29) is 51.4 Å². The van der Waals surface area contributed by atoms with Gasteiger partial charge in [0.25, 0.3) is 0 Å². The van der Waals surface area contributed by atoms with E-state index < -0.39 is 30.9 Å². The van der Waals surface area contributed by atoms with Gasteiger partial charge in [-0.2, -0.15) is 0 Å². The van der Waals surface area contributed by atoms with Crippen molar-refractivity contribution < 1.29 is 34.8 Å². The molecular formula is C5H8KO7. The third kappa shape index (κ3) is 33.3. The number of aliphatic carboxylic acids is 3. The van der Waals surface area contributed by atoms with Crippen LogP contribution >= 0.6 is 0 Å². The monoisotopic (exact) mass is 219 g/mol. The van der Waals surface area contributed by atoms with Crippen LogP contribution in [0.3, 0.4) is 0 Å². The van der Waals surface area contributed by atoms with E-state index in [2.05, 4.69) is 0 Å². The van der Waals surface area contributed by atoms with Crippen molar-refractivity contribution in [1.82, 2.24) is 0 Å². The van der Waals surface area contributed by atoms with Gasteiger partial charge < -0.3 is 15.3 Å². The molecule has 0 spiro atoms. The van der Waals surface area contributed by atoms with Gasteiger partial charge in [0, 0.05) is 0 Å². The van der Waals surface area contributed by atoms with Crippen molar-refractivity contribution in [1.29, 1.82) is 0 Å². The molecule has 7 nitrogen and oxygen atoms in total. The van der Waals surface area contributed by atoms with E-state index in [1.807, 2.05) is 0 Å². The predicted molar refractivity (Wildman–Crippen MR) is 40.2 cm³/mol. The van der Waals surface area contributed by atoms with E-state index in [4.69, 9.17) is 25.2 Å². The van der Waals surface area contributed by atoms with Crippen LogP contribution in [-0.2, 0) is 19.5 Å². The van der Waals surface area contributed by atoms with Crippen LogP contribution in [0.25, 0.3) is 0 Å². The minimum absolute atomic E-state index is 0. The molecule has 8 heteroatoms. The standard InChI is InChI=1S/C3H4O4.C2H3O3.K.H/c4-2(5)1-3(6)7;3-1-2(4)5;;/h1H2,(H,4,5)(H,6,7);1H2,(H,4,5);;. The Bertz CT molecular complexity index is 166. The van der Waals surface area contributed by atoms with Crippen molar-refractivity contribution in [2.24, 2.45) is 0 Å². The maximum Gasteiger partial charge on any atom is 0.333 e. The molecule has 0 unspecified atom stereocenters. The third-order valence-corrected chi connectivity index (χ3v) is 0.426. The van der Waals surface area contributed by atoms with Crippen molar-refractivity contribution in [3.05, 3.63) is 0 Å². The average Bonchev–Trinajstić information content (AvgIpc) is 1.85. The summed E-state index contributed by atoms with van der Waals surface area (Å²) >= 11 is 0. The molecule has 0 fully saturated rings. The molecular weight excluding hydrogens is 211 g/mol. The first-order valence-electron chi connectivity index (χ1n) is 2.63. The van der Waals surface area contributed by atoms with Crippen molar-refractivity contribution in [2.45, 2.75) is 6.42 Å². The molecule has 0 saturated heterocycles. The molecule has 0 heterocycles. The molecule has 1 radical (unpaired) electrons. The van der Waals surface area contributed by atoms with E-state index in [9.17, 15) is 9.59 Å². The summed E-state index contributed by atoms with van der Waals surface area (Å²) in [6.45, 7) is -1.03. The second-order valence-electron chi connectivity index (χ2n) is 1.50. The van der Waals surface area contributed by atoms with E-state index in [0.29, 0.717) is 0 Å². The second kappa shape index (κ2) is 12.0. The van der Waals surface area contributed by atoms with E-state index in [0.717, 1.165) is 0 Å². The first-order chi connectivity index (χ1) is 5.40. The van der Waals surface area contributed by atoms with Crippen LogP contribution in [0.2, 0.25) is 0 Å². The Kier molecular flexibility index (Phi) is 17.3. The Morgan fingerprint density at radius 1 is 0.846 bits per heavy atom. The number of hydrogen-bond acceptors (Lipinski definition) is 3. The molecule has 0 bridgehead atoms. The minimum atomic E-state index is -1.31. The molecule has 3 N–H and O–H groups in total. The van der Waals surface area contributed by atoms with Gasteiger partial charge in [-0.1, -0.05) is 0 Å². The van der Waals surface area contributed by atoms with Crippen molar-refractivity contribution in [2.75, 3.05) is 6.61 Å². The summed E-state index contributed by atoms with van der Waals surface area (Å²) in [6.07, 6.45) is -0.806. The molecule has 71 valence electrons. The van der Waals surface area contributed by atoms with Gasteiger partial charge in [-0.3, -0.25) is 9.59 Å². The van der Waals surface area contributed by atoms with Crippen LogP contribution in [0, 0.1) is 0 Å². The van der Waals surface area contributed by atoms with Crippen LogP contribution in [0.15, 0.2) is 0 Å². The molecule has 0 aliphatic rings. The normalized spacial score (nSPS) is 7.15. The molecule has 0 aromatic heterocycles. The van der Waals surface area contributed by atoms with Crippen LogP contribution in [-0.4, -0.2) is 91.2 Å². The molecule has 13 heavy (non-hydrogen) atoms. The zero-order valence-electron chi connectivity index (χ0n) is 5.89. The molecule has 0 aromatic carbocycles. The summed E-state index contributed by atoms with van der Waals surface area (Å²) in [5.41, 5.74) is 0. The van der Waals surface area contributed by atoms with Crippen molar-refractivity contribution >= 4 is 69.3 Å². The summed E-state index contributed by atoms with van der Waals surface area (Å²) < 4.78 is 0. The first-order valence-corrected chi connectivity index (χ1v) is 2.63. The van der Waals surface area contributed by atoms with Gasteiger partial charge in [-0.05, 0) is 0 Å². The Labute approximate surface area is 116 Å². The number of carbonyl (C=O) groups is 3. The maximum atomic E-state index is 9.43. The van der Waals surface area contributed by atoms with Gasteiger partial charge in [-0.25, -0.2) is 9.90 Å². The van der Waals surface area contributed by atoms with Crippen molar-refractivity contribution in [3.63, 3.8) is 0 Å².